The van der Waals surface area contributed by atoms with E-state index in [1.54, 1.807) is 11.9 Å². The highest BCUT2D eigenvalue weighted by Crippen LogP contribution is 2.24. The van der Waals surface area contributed by atoms with Gasteiger partial charge in [-0.25, -0.2) is 4.98 Å². The molecular formula is C18H21N3O5S. The van der Waals surface area contributed by atoms with Crippen LogP contribution in [0.5, 0.6) is 0 Å². The standard InChI is InChI=1S/C18H21N3O5S/c1-20(10-16(23)21-6-4-12(5-7-21)18(24)25)15(22)9-13-11-26-17(19-13)14-3-2-8-27-14/h2-3,8,11-12H,4-7,9-10H2,1H3,(H,24,25). The quantitative estimate of drug-likeness (QED) is 0.804. The van der Waals surface area contributed by atoms with Gasteiger partial charge in [0.05, 0.1) is 29.5 Å². The van der Waals surface area contributed by atoms with Crippen LogP contribution in [0.15, 0.2) is 28.2 Å². The summed E-state index contributed by atoms with van der Waals surface area (Å²) in [7, 11) is 1.57. The number of carboxylic acids is 1. The molecule has 0 radical (unpaired) electrons. The molecule has 0 bridgehead atoms. The number of rotatable bonds is 6. The maximum atomic E-state index is 12.4. The summed E-state index contributed by atoms with van der Waals surface area (Å²) in [5.41, 5.74) is 0.518. The summed E-state index contributed by atoms with van der Waals surface area (Å²) in [4.78, 5) is 43.9. The van der Waals surface area contributed by atoms with Gasteiger partial charge in [0.15, 0.2) is 0 Å². The van der Waals surface area contributed by atoms with E-state index in [9.17, 15) is 14.4 Å². The zero-order valence-corrected chi connectivity index (χ0v) is 15.8. The molecule has 27 heavy (non-hydrogen) atoms. The Balaban J connectivity index is 1.49. The number of hydrogen-bond donors (Lipinski definition) is 1. The molecule has 9 heteroatoms. The number of hydrogen-bond acceptors (Lipinski definition) is 6. The number of amides is 2. The molecule has 2 aromatic heterocycles. The smallest absolute Gasteiger partial charge is 0.306 e. The molecule has 2 amide bonds. The van der Waals surface area contributed by atoms with Crippen molar-refractivity contribution in [3.05, 3.63) is 29.5 Å². The lowest BCUT2D eigenvalue weighted by atomic mass is 9.97. The van der Waals surface area contributed by atoms with Gasteiger partial charge in [0.2, 0.25) is 17.7 Å². The number of carbonyl (C=O) groups excluding carboxylic acids is 2. The van der Waals surface area contributed by atoms with Crippen molar-refractivity contribution < 1.29 is 23.9 Å². The van der Waals surface area contributed by atoms with Crippen molar-refractivity contribution in [2.45, 2.75) is 19.3 Å². The summed E-state index contributed by atoms with van der Waals surface area (Å²) in [6.45, 7) is 0.781. The minimum atomic E-state index is -0.816. The Morgan fingerprint density at radius 1 is 1.37 bits per heavy atom. The molecule has 1 aliphatic rings. The van der Waals surface area contributed by atoms with Crippen molar-refractivity contribution >= 4 is 29.1 Å². The highest BCUT2D eigenvalue weighted by Gasteiger charge is 2.28. The SMILES string of the molecule is CN(CC(=O)N1CCC(C(=O)O)CC1)C(=O)Cc1coc(-c2cccs2)n1. The van der Waals surface area contributed by atoms with Gasteiger partial charge in [-0.3, -0.25) is 14.4 Å². The summed E-state index contributed by atoms with van der Waals surface area (Å²) >= 11 is 1.50. The number of oxazole rings is 1. The fourth-order valence-electron chi connectivity index (χ4n) is 2.96. The van der Waals surface area contributed by atoms with Crippen LogP contribution in [0.1, 0.15) is 18.5 Å². The van der Waals surface area contributed by atoms with E-state index in [1.807, 2.05) is 17.5 Å². The number of likely N-dealkylation sites (N-methyl/N-ethyl adjacent to an activating group) is 1. The monoisotopic (exact) mass is 391 g/mol. The highest BCUT2D eigenvalue weighted by molar-refractivity contribution is 7.13. The van der Waals surface area contributed by atoms with E-state index >= 15 is 0 Å². The van der Waals surface area contributed by atoms with Crippen molar-refractivity contribution in [3.63, 3.8) is 0 Å². The average Bonchev–Trinajstić information content (AvgIpc) is 3.33. The van der Waals surface area contributed by atoms with Gasteiger partial charge in [-0.15, -0.1) is 11.3 Å². The van der Waals surface area contributed by atoms with Crippen LogP contribution in [-0.4, -0.2) is 64.4 Å². The van der Waals surface area contributed by atoms with Crippen molar-refractivity contribution in [3.8, 4) is 10.8 Å². The minimum absolute atomic E-state index is 0.0355. The first-order chi connectivity index (χ1) is 12.9. The first-order valence-electron chi connectivity index (χ1n) is 8.67. The largest absolute Gasteiger partial charge is 0.481 e. The fraction of sp³-hybridized carbons (Fsp3) is 0.444. The maximum absolute atomic E-state index is 12.4. The first kappa shape index (κ1) is 19.1. The van der Waals surface area contributed by atoms with Crippen molar-refractivity contribution in [1.29, 1.82) is 0 Å². The van der Waals surface area contributed by atoms with Gasteiger partial charge in [0.1, 0.15) is 6.26 Å². The zero-order chi connectivity index (χ0) is 19.4. The van der Waals surface area contributed by atoms with Crippen molar-refractivity contribution in [2.24, 2.45) is 5.92 Å². The maximum Gasteiger partial charge on any atom is 0.306 e. The average molecular weight is 391 g/mol. The summed E-state index contributed by atoms with van der Waals surface area (Å²) in [5.74, 6) is -1.13. The van der Waals surface area contributed by atoms with Crippen LogP contribution >= 0.6 is 11.3 Å². The van der Waals surface area contributed by atoms with E-state index < -0.39 is 11.9 Å². The molecule has 1 fully saturated rings. The third kappa shape index (κ3) is 4.73. The minimum Gasteiger partial charge on any atom is -0.481 e. The van der Waals surface area contributed by atoms with Gasteiger partial charge in [0.25, 0.3) is 0 Å². The predicted octanol–water partition coefficient (Wildman–Crippen LogP) is 1.73. The Kier molecular flexibility index (Phi) is 5.90. The number of carbonyl (C=O) groups is 3. The molecule has 0 saturated carbocycles. The molecule has 0 aliphatic carbocycles. The van der Waals surface area contributed by atoms with Crippen molar-refractivity contribution in [1.82, 2.24) is 14.8 Å². The van der Waals surface area contributed by atoms with Crippen LogP contribution in [-0.2, 0) is 20.8 Å². The van der Waals surface area contributed by atoms with Gasteiger partial charge >= 0.3 is 5.97 Å². The lowest BCUT2D eigenvalue weighted by molar-refractivity contribution is -0.146. The molecule has 144 valence electrons. The molecule has 0 spiro atoms. The molecule has 1 N–H and O–H groups in total. The van der Waals surface area contributed by atoms with Gasteiger partial charge in [0, 0.05) is 20.1 Å². The Bertz CT molecular complexity index is 809. The number of piperidine rings is 1. The third-order valence-electron chi connectivity index (χ3n) is 4.61. The second-order valence-corrected chi connectivity index (χ2v) is 7.49. The number of aromatic nitrogens is 1. The molecule has 3 rings (SSSR count). The van der Waals surface area contributed by atoms with Gasteiger partial charge in [-0.05, 0) is 24.3 Å². The van der Waals surface area contributed by atoms with Gasteiger partial charge in [-0.2, -0.15) is 0 Å². The number of thiophene rings is 1. The molecule has 0 unspecified atom stereocenters. The number of likely N-dealkylation sites (tertiary alicyclic amines) is 1. The summed E-state index contributed by atoms with van der Waals surface area (Å²) < 4.78 is 5.40. The van der Waals surface area contributed by atoms with Crippen LogP contribution < -0.4 is 0 Å². The fourth-order valence-corrected chi connectivity index (χ4v) is 3.61. The van der Waals surface area contributed by atoms with Crippen LogP contribution in [0.25, 0.3) is 10.8 Å². The number of aliphatic carboxylic acids is 1. The Labute approximate surface area is 160 Å². The Morgan fingerprint density at radius 2 is 2.11 bits per heavy atom. The van der Waals surface area contributed by atoms with Crippen LogP contribution in [0.3, 0.4) is 0 Å². The van der Waals surface area contributed by atoms with E-state index in [0.29, 0.717) is 37.5 Å². The summed E-state index contributed by atoms with van der Waals surface area (Å²) in [5, 5.41) is 10.9. The molecule has 0 atom stereocenters. The van der Waals surface area contributed by atoms with E-state index in [4.69, 9.17) is 9.52 Å². The molecule has 3 heterocycles. The molecule has 8 nitrogen and oxygen atoms in total. The molecule has 0 aromatic carbocycles. The Morgan fingerprint density at radius 3 is 2.74 bits per heavy atom. The van der Waals surface area contributed by atoms with E-state index in [1.165, 1.54) is 22.5 Å². The third-order valence-corrected chi connectivity index (χ3v) is 5.47. The number of nitrogens with zero attached hydrogens (tertiary/aromatic N) is 3. The topological polar surface area (TPSA) is 104 Å². The molecule has 1 aliphatic heterocycles. The second kappa shape index (κ2) is 8.34. The molecule has 1 saturated heterocycles. The number of carboxylic acid groups (broad SMARTS) is 1. The first-order valence-corrected chi connectivity index (χ1v) is 9.55. The zero-order valence-electron chi connectivity index (χ0n) is 15.0. The normalized spacial score (nSPS) is 14.9. The van der Waals surface area contributed by atoms with Gasteiger partial charge < -0.3 is 19.3 Å². The lowest BCUT2D eigenvalue weighted by Crippen LogP contribution is -2.45. The van der Waals surface area contributed by atoms with Crippen LogP contribution in [0.2, 0.25) is 0 Å². The molecule has 2 aromatic rings. The van der Waals surface area contributed by atoms with Crippen molar-refractivity contribution in [2.75, 3.05) is 26.7 Å². The summed E-state index contributed by atoms with van der Waals surface area (Å²) in [6.07, 6.45) is 2.41. The second-order valence-electron chi connectivity index (χ2n) is 6.54. The Hall–Kier alpha value is -2.68. The van der Waals surface area contributed by atoms with Crippen LogP contribution in [0, 0.1) is 5.92 Å². The molecular weight excluding hydrogens is 370 g/mol. The predicted molar refractivity (Wildman–Crippen MR) is 98.1 cm³/mol. The van der Waals surface area contributed by atoms with E-state index in [-0.39, 0.29) is 24.8 Å². The van der Waals surface area contributed by atoms with Crippen LogP contribution in [0.4, 0.5) is 0 Å². The summed E-state index contributed by atoms with van der Waals surface area (Å²) in [6, 6.07) is 3.79. The van der Waals surface area contributed by atoms with E-state index in [0.717, 1.165) is 4.88 Å². The van der Waals surface area contributed by atoms with Gasteiger partial charge in [-0.1, -0.05) is 6.07 Å². The van der Waals surface area contributed by atoms with E-state index in [2.05, 4.69) is 4.98 Å². The highest BCUT2D eigenvalue weighted by atomic mass is 32.1. The lowest BCUT2D eigenvalue weighted by Gasteiger charge is -2.31.